The summed E-state index contributed by atoms with van der Waals surface area (Å²) < 4.78 is 88.8. The zero-order valence-corrected chi connectivity index (χ0v) is 11.0. The summed E-state index contributed by atoms with van der Waals surface area (Å²) in [6.45, 7) is 0. The molecule has 10 heteroatoms. The summed E-state index contributed by atoms with van der Waals surface area (Å²) in [5.41, 5.74) is -6.58. The van der Waals surface area contributed by atoms with Gasteiger partial charge in [0.25, 0.3) is 0 Å². The molecule has 0 saturated carbocycles. The van der Waals surface area contributed by atoms with E-state index in [0.29, 0.717) is 17.8 Å². The van der Waals surface area contributed by atoms with Crippen LogP contribution < -0.4 is 5.32 Å². The van der Waals surface area contributed by atoms with Crippen molar-refractivity contribution in [3.05, 3.63) is 23.8 Å². The fourth-order valence-electron chi connectivity index (χ4n) is 1.72. The Balaban J connectivity index is 2.55. The number of thioether (sulfide) groups is 1. The van der Waals surface area contributed by atoms with Crippen LogP contribution in [0.4, 0.5) is 36.4 Å². The van der Waals surface area contributed by atoms with Gasteiger partial charge in [-0.3, -0.25) is 0 Å². The molecule has 1 unspecified atom stereocenters. The number of fused-ring (bicyclic) bond motifs is 1. The Hall–Kier alpha value is -0.770. The standard InChI is InChI=1S/C10H6F7NS2/c11-8(9(12,13)14,10(15,16)17)4-1-2-5-6(3-4)20-7(19)18-5/h1-3,7,18-19H. The van der Waals surface area contributed by atoms with E-state index < -0.39 is 28.3 Å². The molecule has 1 nitrogen and oxygen atoms in total. The summed E-state index contributed by atoms with van der Waals surface area (Å²) in [6, 6.07) is 1.99. The molecule has 0 aliphatic carbocycles. The minimum atomic E-state index is -6.10. The topological polar surface area (TPSA) is 12.0 Å². The molecule has 1 atom stereocenters. The molecule has 1 N–H and O–H groups in total. The van der Waals surface area contributed by atoms with Crippen molar-refractivity contribution in [1.29, 1.82) is 0 Å². The molecule has 0 saturated heterocycles. The average Bonchev–Trinajstić information content (AvgIpc) is 2.63. The molecule has 0 bridgehead atoms. The fraction of sp³-hybridized carbons (Fsp3) is 0.400. The van der Waals surface area contributed by atoms with Crippen molar-refractivity contribution in [2.24, 2.45) is 0 Å². The first kappa shape index (κ1) is 15.6. The number of benzene rings is 1. The van der Waals surface area contributed by atoms with Crippen molar-refractivity contribution in [3.63, 3.8) is 0 Å². The normalized spacial score (nSPS) is 19.7. The van der Waals surface area contributed by atoms with Gasteiger partial charge in [0.05, 0.1) is 0 Å². The molecule has 0 radical (unpaired) electrons. The van der Waals surface area contributed by atoms with Crippen LogP contribution in [-0.2, 0) is 5.67 Å². The van der Waals surface area contributed by atoms with Gasteiger partial charge in [0, 0.05) is 16.1 Å². The van der Waals surface area contributed by atoms with Gasteiger partial charge in [-0.2, -0.15) is 26.3 Å². The maximum Gasteiger partial charge on any atom is 0.435 e. The van der Waals surface area contributed by atoms with Crippen molar-refractivity contribution in [2.45, 2.75) is 27.6 Å². The highest BCUT2D eigenvalue weighted by atomic mass is 32.2. The van der Waals surface area contributed by atoms with E-state index in [4.69, 9.17) is 0 Å². The van der Waals surface area contributed by atoms with Crippen LogP contribution in [0.5, 0.6) is 0 Å². The van der Waals surface area contributed by atoms with Crippen LogP contribution in [0.2, 0.25) is 0 Å². The van der Waals surface area contributed by atoms with E-state index in [-0.39, 0.29) is 4.90 Å². The van der Waals surface area contributed by atoms with Gasteiger partial charge in [-0.05, 0) is 12.1 Å². The van der Waals surface area contributed by atoms with Gasteiger partial charge in [-0.15, -0.1) is 12.6 Å². The van der Waals surface area contributed by atoms with Crippen LogP contribution in [0, 0.1) is 0 Å². The lowest BCUT2D eigenvalue weighted by Crippen LogP contribution is -2.50. The predicted octanol–water partition coefficient (Wildman–Crippen LogP) is 4.71. The van der Waals surface area contributed by atoms with Crippen LogP contribution in [-0.4, -0.2) is 17.1 Å². The molecule has 1 aliphatic heterocycles. The highest BCUT2D eigenvalue weighted by Gasteiger charge is 2.73. The molecule has 0 spiro atoms. The Morgan fingerprint density at radius 1 is 1.00 bits per heavy atom. The van der Waals surface area contributed by atoms with E-state index in [2.05, 4.69) is 17.9 Å². The molecular weight excluding hydrogens is 331 g/mol. The molecule has 0 fully saturated rings. The number of hydrogen-bond donors (Lipinski definition) is 2. The largest absolute Gasteiger partial charge is 0.435 e. The van der Waals surface area contributed by atoms with Crippen LogP contribution >= 0.6 is 24.4 Å². The number of thiol groups is 1. The molecule has 1 aromatic carbocycles. The molecule has 0 amide bonds. The average molecular weight is 337 g/mol. The van der Waals surface area contributed by atoms with E-state index in [0.717, 1.165) is 17.8 Å². The predicted molar refractivity (Wildman–Crippen MR) is 63.6 cm³/mol. The van der Waals surface area contributed by atoms with Crippen molar-refractivity contribution in [1.82, 2.24) is 0 Å². The molecular formula is C10H6F7NS2. The van der Waals surface area contributed by atoms with Gasteiger partial charge in [0.1, 0.15) is 4.71 Å². The number of alkyl halides is 7. The van der Waals surface area contributed by atoms with Gasteiger partial charge in [-0.1, -0.05) is 17.8 Å². The fourth-order valence-corrected chi connectivity index (χ4v) is 3.08. The summed E-state index contributed by atoms with van der Waals surface area (Å²) in [5.74, 6) is 0. The van der Waals surface area contributed by atoms with Crippen molar-refractivity contribution < 1.29 is 30.7 Å². The number of hydrogen-bond acceptors (Lipinski definition) is 3. The van der Waals surface area contributed by atoms with E-state index in [1.54, 1.807) is 0 Å². The molecule has 112 valence electrons. The zero-order valence-electron chi connectivity index (χ0n) is 9.31. The molecule has 2 rings (SSSR count). The third kappa shape index (κ3) is 2.32. The van der Waals surface area contributed by atoms with E-state index in [9.17, 15) is 30.7 Å². The van der Waals surface area contributed by atoms with Crippen molar-refractivity contribution >= 4 is 30.1 Å². The van der Waals surface area contributed by atoms with E-state index >= 15 is 0 Å². The van der Waals surface area contributed by atoms with Crippen molar-refractivity contribution in [2.75, 3.05) is 5.32 Å². The summed E-state index contributed by atoms with van der Waals surface area (Å²) >= 11 is 4.87. The monoisotopic (exact) mass is 337 g/mol. The molecule has 1 aliphatic rings. The maximum atomic E-state index is 13.8. The highest BCUT2D eigenvalue weighted by molar-refractivity contribution is 8.10. The first-order valence-corrected chi connectivity index (χ1v) is 6.44. The summed E-state index contributed by atoms with van der Waals surface area (Å²) in [4.78, 5) is 0.0815. The summed E-state index contributed by atoms with van der Waals surface area (Å²) in [5, 5.41) is 2.70. The smallest absolute Gasteiger partial charge is 0.364 e. The zero-order chi connectivity index (χ0) is 15.3. The van der Waals surface area contributed by atoms with E-state index in [1.165, 1.54) is 0 Å². The second-order valence-corrected chi connectivity index (χ2v) is 5.99. The summed E-state index contributed by atoms with van der Waals surface area (Å²) in [7, 11) is 0. The maximum absolute atomic E-state index is 13.8. The lowest BCUT2D eigenvalue weighted by atomic mass is 9.94. The number of halogens is 7. The Bertz CT molecular complexity index is 511. The molecule has 20 heavy (non-hydrogen) atoms. The number of rotatable bonds is 1. The van der Waals surface area contributed by atoms with Gasteiger partial charge in [-0.25, -0.2) is 4.39 Å². The number of anilines is 1. The van der Waals surface area contributed by atoms with Crippen LogP contribution in [0.25, 0.3) is 0 Å². The van der Waals surface area contributed by atoms with Gasteiger partial charge < -0.3 is 5.32 Å². The highest BCUT2D eigenvalue weighted by Crippen LogP contribution is 2.54. The molecule has 1 heterocycles. The minimum absolute atomic E-state index is 0.0815. The Morgan fingerprint density at radius 2 is 1.55 bits per heavy atom. The quantitative estimate of drug-likeness (QED) is 0.569. The second kappa shape index (κ2) is 4.62. The lowest BCUT2D eigenvalue weighted by Gasteiger charge is -2.30. The van der Waals surface area contributed by atoms with Gasteiger partial charge in [0.15, 0.2) is 0 Å². The third-order valence-electron chi connectivity index (χ3n) is 2.68. The summed E-state index contributed by atoms with van der Waals surface area (Å²) in [6.07, 6.45) is -12.2. The molecule has 0 aromatic heterocycles. The SMILES string of the molecule is FC(F)(F)C(F)(c1ccc2c(c1)SC(S)N2)C(F)(F)F. The number of nitrogens with one attached hydrogen (secondary N) is 1. The van der Waals surface area contributed by atoms with Gasteiger partial charge in [0.2, 0.25) is 0 Å². The Labute approximate surface area is 118 Å². The van der Waals surface area contributed by atoms with Crippen molar-refractivity contribution in [3.8, 4) is 0 Å². The third-order valence-corrected chi connectivity index (χ3v) is 4.06. The first-order valence-electron chi connectivity index (χ1n) is 5.05. The Morgan fingerprint density at radius 3 is 2.05 bits per heavy atom. The van der Waals surface area contributed by atoms with Crippen LogP contribution in [0.15, 0.2) is 23.1 Å². The minimum Gasteiger partial charge on any atom is -0.364 e. The van der Waals surface area contributed by atoms with Crippen LogP contribution in [0.1, 0.15) is 5.56 Å². The second-order valence-electron chi connectivity index (χ2n) is 3.98. The van der Waals surface area contributed by atoms with Crippen LogP contribution in [0.3, 0.4) is 0 Å². The van der Waals surface area contributed by atoms with Gasteiger partial charge >= 0.3 is 18.0 Å². The molecule has 1 aromatic rings. The Kier molecular flexibility index (Phi) is 3.61. The lowest BCUT2D eigenvalue weighted by molar-refractivity contribution is -0.348. The van der Waals surface area contributed by atoms with E-state index in [1.807, 2.05) is 0 Å². The first-order chi connectivity index (χ1) is 8.97.